The van der Waals surface area contributed by atoms with Crippen LogP contribution in [0.1, 0.15) is 36.5 Å². The van der Waals surface area contributed by atoms with Gasteiger partial charge in [-0.25, -0.2) is 4.98 Å². The first kappa shape index (κ1) is 25.6. The van der Waals surface area contributed by atoms with Crippen LogP contribution in [0.15, 0.2) is 30.5 Å². The number of benzene rings is 1. The summed E-state index contributed by atoms with van der Waals surface area (Å²) >= 11 is 6.02. The molecule has 1 saturated heterocycles. The van der Waals surface area contributed by atoms with Crippen LogP contribution in [-0.2, 0) is 15.8 Å². The number of halogens is 4. The van der Waals surface area contributed by atoms with Crippen molar-refractivity contribution in [3.63, 3.8) is 0 Å². The topological polar surface area (TPSA) is 83.6 Å². The molecule has 184 valence electrons. The zero-order chi connectivity index (χ0) is 25.0. The Kier molecular flexibility index (Phi) is 7.91. The fourth-order valence-electron chi connectivity index (χ4n) is 3.59. The normalized spacial score (nSPS) is 15.6. The predicted octanol–water partition coefficient (Wildman–Crippen LogP) is 4.20. The van der Waals surface area contributed by atoms with Gasteiger partial charge in [-0.3, -0.25) is 20.4 Å². The lowest BCUT2D eigenvalue weighted by molar-refractivity contribution is -0.137. The van der Waals surface area contributed by atoms with Gasteiger partial charge in [-0.15, -0.1) is 0 Å². The smallest absolute Gasteiger partial charge is 0.417 e. The molecule has 1 unspecified atom stereocenters. The van der Waals surface area contributed by atoms with Crippen LogP contribution in [-0.4, -0.2) is 36.0 Å². The number of rotatable bonds is 5. The minimum Gasteiger partial charge on any atom is -0.481 e. The zero-order valence-corrected chi connectivity index (χ0v) is 19.8. The van der Waals surface area contributed by atoms with Gasteiger partial charge in [-0.1, -0.05) is 23.7 Å². The molecule has 34 heavy (non-hydrogen) atoms. The van der Waals surface area contributed by atoms with Crippen molar-refractivity contribution in [1.82, 2.24) is 15.8 Å². The molecular formula is C23H26ClF3N4O3. The summed E-state index contributed by atoms with van der Waals surface area (Å²) in [4.78, 5) is 30.4. The van der Waals surface area contributed by atoms with E-state index in [1.54, 1.807) is 17.9 Å². The van der Waals surface area contributed by atoms with Crippen molar-refractivity contribution >= 4 is 29.2 Å². The second kappa shape index (κ2) is 10.5. The number of aromatic nitrogens is 1. The number of piperidine rings is 1. The molecule has 3 rings (SSSR count). The van der Waals surface area contributed by atoms with E-state index in [9.17, 15) is 22.8 Å². The molecule has 7 nitrogen and oxygen atoms in total. The van der Waals surface area contributed by atoms with E-state index in [0.29, 0.717) is 31.7 Å². The molecule has 2 N–H and O–H groups in total. The highest BCUT2D eigenvalue weighted by Gasteiger charge is 2.33. The standard InChI is InChI=1S/C23H26ClF3N4O3/c1-13-5-4-6-19(14(13)2)34-15(3)21(32)29-30-22(33)16-7-9-31(10-8-16)20-18(24)11-17(12-28-20)23(25,26)27/h4-6,11-12,15-16H,7-10H2,1-3H3,(H,29,32)(H,30,33). The number of hydrogen-bond donors (Lipinski definition) is 2. The number of alkyl halides is 3. The van der Waals surface area contributed by atoms with Crippen LogP contribution >= 0.6 is 11.6 Å². The summed E-state index contributed by atoms with van der Waals surface area (Å²) in [6, 6.07) is 6.40. The number of carbonyl (C=O) groups excluding carboxylic acids is 2. The van der Waals surface area contributed by atoms with Crippen molar-refractivity contribution in [1.29, 1.82) is 0 Å². The fourth-order valence-corrected chi connectivity index (χ4v) is 3.88. The van der Waals surface area contributed by atoms with Gasteiger partial charge in [-0.2, -0.15) is 13.2 Å². The van der Waals surface area contributed by atoms with E-state index >= 15 is 0 Å². The Morgan fingerprint density at radius 2 is 1.88 bits per heavy atom. The zero-order valence-electron chi connectivity index (χ0n) is 19.0. The van der Waals surface area contributed by atoms with Gasteiger partial charge < -0.3 is 9.64 Å². The number of nitrogens with zero attached hydrogens (tertiary/aromatic N) is 2. The van der Waals surface area contributed by atoms with Crippen LogP contribution in [0.4, 0.5) is 19.0 Å². The Bertz CT molecular complexity index is 1060. The number of pyridine rings is 1. The van der Waals surface area contributed by atoms with Crippen LogP contribution in [0.2, 0.25) is 5.02 Å². The lowest BCUT2D eigenvalue weighted by Crippen LogP contribution is -2.50. The van der Waals surface area contributed by atoms with Crippen LogP contribution in [0, 0.1) is 19.8 Å². The SMILES string of the molecule is Cc1cccc(OC(C)C(=O)NNC(=O)C2CCN(c3ncc(C(F)(F)F)cc3Cl)CC2)c1C. The maximum Gasteiger partial charge on any atom is 0.417 e. The molecule has 11 heteroatoms. The average Bonchev–Trinajstić information content (AvgIpc) is 2.79. The Labute approximate surface area is 200 Å². The molecule has 1 aliphatic rings. The predicted molar refractivity (Wildman–Crippen MR) is 121 cm³/mol. The molecule has 0 bridgehead atoms. The second-order valence-electron chi connectivity index (χ2n) is 8.23. The van der Waals surface area contributed by atoms with Crippen LogP contribution in [0.3, 0.4) is 0 Å². The van der Waals surface area contributed by atoms with Crippen LogP contribution < -0.4 is 20.5 Å². The number of carbonyl (C=O) groups is 2. The molecule has 0 spiro atoms. The van der Waals surface area contributed by atoms with E-state index in [0.717, 1.165) is 23.4 Å². The third kappa shape index (κ3) is 6.11. The van der Waals surface area contributed by atoms with Gasteiger partial charge in [-0.05, 0) is 56.9 Å². The van der Waals surface area contributed by atoms with E-state index in [2.05, 4.69) is 15.8 Å². The second-order valence-corrected chi connectivity index (χ2v) is 8.63. The highest BCUT2D eigenvalue weighted by Crippen LogP contribution is 2.34. The monoisotopic (exact) mass is 498 g/mol. The largest absolute Gasteiger partial charge is 0.481 e. The lowest BCUT2D eigenvalue weighted by atomic mass is 9.96. The first-order valence-electron chi connectivity index (χ1n) is 10.8. The number of hydrogen-bond acceptors (Lipinski definition) is 5. The minimum absolute atomic E-state index is 0.0946. The van der Waals surface area contributed by atoms with Gasteiger partial charge in [0.15, 0.2) is 6.10 Å². The molecule has 0 radical (unpaired) electrons. The summed E-state index contributed by atoms with van der Waals surface area (Å²) in [5, 5.41) is -0.0946. The summed E-state index contributed by atoms with van der Waals surface area (Å²) in [7, 11) is 0. The Morgan fingerprint density at radius 3 is 2.50 bits per heavy atom. The van der Waals surface area contributed by atoms with Gasteiger partial charge in [0.25, 0.3) is 5.91 Å². The van der Waals surface area contributed by atoms with Gasteiger partial charge in [0.2, 0.25) is 5.91 Å². The van der Waals surface area contributed by atoms with Crippen molar-refractivity contribution in [3.8, 4) is 5.75 Å². The molecule has 2 heterocycles. The average molecular weight is 499 g/mol. The number of nitrogens with one attached hydrogen (secondary N) is 2. The number of anilines is 1. The third-order valence-corrected chi connectivity index (χ3v) is 6.13. The summed E-state index contributed by atoms with van der Waals surface area (Å²) in [5.41, 5.74) is 5.88. The van der Waals surface area contributed by atoms with E-state index in [4.69, 9.17) is 16.3 Å². The van der Waals surface area contributed by atoms with E-state index in [1.807, 2.05) is 26.0 Å². The first-order chi connectivity index (χ1) is 16.0. The molecule has 2 aromatic rings. The maximum absolute atomic E-state index is 12.8. The van der Waals surface area contributed by atoms with Crippen molar-refractivity contribution in [2.75, 3.05) is 18.0 Å². The molecule has 0 aliphatic carbocycles. The molecule has 1 fully saturated rings. The molecule has 1 aromatic carbocycles. The molecule has 2 amide bonds. The van der Waals surface area contributed by atoms with E-state index < -0.39 is 23.8 Å². The van der Waals surface area contributed by atoms with Gasteiger partial charge in [0.1, 0.15) is 11.6 Å². The summed E-state index contributed by atoms with van der Waals surface area (Å²) in [5.74, 6) is -0.373. The van der Waals surface area contributed by atoms with E-state index in [-0.39, 0.29) is 22.7 Å². The number of aryl methyl sites for hydroxylation is 1. The molecular weight excluding hydrogens is 473 g/mol. The van der Waals surface area contributed by atoms with Crippen molar-refractivity contribution in [2.45, 2.75) is 45.9 Å². The maximum atomic E-state index is 12.8. The van der Waals surface area contributed by atoms with E-state index in [1.165, 1.54) is 0 Å². The quantitative estimate of drug-likeness (QED) is 0.604. The van der Waals surface area contributed by atoms with Crippen LogP contribution in [0.5, 0.6) is 5.75 Å². The molecule has 1 aromatic heterocycles. The van der Waals surface area contributed by atoms with Crippen molar-refractivity contribution in [3.05, 3.63) is 52.2 Å². The first-order valence-corrected chi connectivity index (χ1v) is 11.2. The van der Waals surface area contributed by atoms with Crippen molar-refractivity contribution < 1.29 is 27.5 Å². The van der Waals surface area contributed by atoms with Gasteiger partial charge in [0, 0.05) is 25.2 Å². The molecule has 0 saturated carbocycles. The fraction of sp³-hybridized carbons (Fsp3) is 0.435. The third-order valence-electron chi connectivity index (χ3n) is 5.85. The molecule has 1 aliphatic heterocycles. The highest BCUT2D eigenvalue weighted by molar-refractivity contribution is 6.33. The Balaban J connectivity index is 1.48. The molecule has 1 atom stereocenters. The Morgan fingerprint density at radius 1 is 1.21 bits per heavy atom. The number of hydrazine groups is 1. The van der Waals surface area contributed by atoms with Crippen molar-refractivity contribution in [2.24, 2.45) is 5.92 Å². The number of ether oxygens (including phenoxy) is 1. The minimum atomic E-state index is -4.52. The van der Waals surface area contributed by atoms with Crippen LogP contribution in [0.25, 0.3) is 0 Å². The summed E-state index contributed by atoms with van der Waals surface area (Å²) in [6.45, 7) is 6.20. The van der Waals surface area contributed by atoms with Gasteiger partial charge in [0.05, 0.1) is 10.6 Å². The number of amides is 2. The lowest BCUT2D eigenvalue weighted by Gasteiger charge is -2.32. The highest BCUT2D eigenvalue weighted by atomic mass is 35.5. The summed E-state index contributed by atoms with van der Waals surface area (Å²) < 4.78 is 44.1. The Hall–Kier alpha value is -3.01. The van der Waals surface area contributed by atoms with Gasteiger partial charge >= 0.3 is 6.18 Å². The summed E-state index contributed by atoms with van der Waals surface area (Å²) in [6.07, 6.45) is -3.75.